The van der Waals surface area contributed by atoms with Crippen molar-refractivity contribution in [1.82, 2.24) is 15.3 Å². The third-order valence-corrected chi connectivity index (χ3v) is 2.71. The van der Waals surface area contributed by atoms with Gasteiger partial charge in [0, 0.05) is 5.70 Å². The van der Waals surface area contributed by atoms with E-state index in [-0.39, 0.29) is 11.3 Å². The lowest BCUT2D eigenvalue weighted by atomic mass is 10.2. The quantitative estimate of drug-likeness (QED) is 0.820. The smallest absolute Gasteiger partial charge is 0.354 e. The number of benzene rings is 1. The van der Waals surface area contributed by atoms with Crippen LogP contribution in [0.3, 0.4) is 0 Å². The molecule has 0 aliphatic carbocycles. The second-order valence-electron chi connectivity index (χ2n) is 4.66. The van der Waals surface area contributed by atoms with Crippen molar-refractivity contribution in [2.75, 3.05) is 0 Å². The molecule has 0 unspecified atom stereocenters. The average Bonchev–Trinajstić information content (AvgIpc) is 2.87. The van der Waals surface area contributed by atoms with Crippen molar-refractivity contribution in [3.63, 3.8) is 0 Å². The van der Waals surface area contributed by atoms with Gasteiger partial charge in [-0.25, -0.2) is 15.0 Å². The molecule has 0 saturated heterocycles. The predicted octanol–water partition coefficient (Wildman–Crippen LogP) is 2.17. The van der Waals surface area contributed by atoms with Crippen LogP contribution < -0.4 is 10.3 Å². The molecular formula is C15H14N4O3. The minimum Gasteiger partial charge on any atom is -0.477 e. The van der Waals surface area contributed by atoms with Crippen LogP contribution in [0.5, 0.6) is 5.75 Å². The van der Waals surface area contributed by atoms with Gasteiger partial charge in [0.2, 0.25) is 0 Å². The summed E-state index contributed by atoms with van der Waals surface area (Å²) in [4.78, 5) is 16.5. The van der Waals surface area contributed by atoms with Crippen molar-refractivity contribution < 1.29 is 14.7 Å². The number of aromatic nitrogens is 2. The van der Waals surface area contributed by atoms with Gasteiger partial charge in [-0.3, -0.25) is 0 Å². The van der Waals surface area contributed by atoms with Gasteiger partial charge in [0.25, 0.3) is 0 Å². The molecule has 0 saturated carbocycles. The summed E-state index contributed by atoms with van der Waals surface area (Å²) in [6.45, 7) is 7.04. The zero-order valence-corrected chi connectivity index (χ0v) is 12.1. The molecule has 0 fully saturated rings. The fraction of sp³-hybridized carbons (Fsp3) is 0.133. The van der Waals surface area contributed by atoms with Gasteiger partial charge in [0.05, 0.1) is 16.9 Å². The zero-order chi connectivity index (χ0) is 16.3. The number of nitriles is 1. The number of rotatable bonds is 5. The van der Waals surface area contributed by atoms with Crippen LogP contribution in [-0.4, -0.2) is 20.9 Å². The Morgan fingerprint density at radius 3 is 2.82 bits per heavy atom. The monoisotopic (exact) mass is 298 g/mol. The Hall–Kier alpha value is -3.27. The maximum atomic E-state index is 11.2. The fourth-order valence-corrected chi connectivity index (χ4v) is 1.82. The van der Waals surface area contributed by atoms with Crippen molar-refractivity contribution in [2.24, 2.45) is 0 Å². The number of hydroxylamine groups is 1. The van der Waals surface area contributed by atoms with Crippen LogP contribution in [0.25, 0.3) is 5.69 Å². The molecule has 7 nitrogen and oxygen atoms in total. The van der Waals surface area contributed by atoms with Crippen molar-refractivity contribution in [3.8, 4) is 17.5 Å². The molecule has 2 rings (SSSR count). The first-order valence-corrected chi connectivity index (χ1v) is 6.35. The van der Waals surface area contributed by atoms with Gasteiger partial charge < -0.3 is 9.94 Å². The largest absolute Gasteiger partial charge is 0.477 e. The summed E-state index contributed by atoms with van der Waals surface area (Å²) in [7, 11) is 0. The average molecular weight is 298 g/mol. The number of hydrogen-bond acceptors (Lipinski definition) is 5. The number of carboxylic acids is 1. The number of aromatic carboxylic acids is 1. The molecule has 0 radical (unpaired) electrons. The van der Waals surface area contributed by atoms with Crippen LogP contribution in [0.15, 0.2) is 36.5 Å². The Morgan fingerprint density at radius 1 is 1.50 bits per heavy atom. The topological polar surface area (TPSA) is 100 Å². The summed E-state index contributed by atoms with van der Waals surface area (Å²) >= 11 is 0. The molecule has 112 valence electrons. The molecule has 0 atom stereocenters. The Bertz CT molecular complexity index is 787. The summed E-state index contributed by atoms with van der Waals surface area (Å²) in [5.41, 5.74) is 4.46. The van der Waals surface area contributed by atoms with Gasteiger partial charge in [-0.2, -0.15) is 10.4 Å². The summed E-state index contributed by atoms with van der Waals surface area (Å²) < 4.78 is 1.27. The number of nitrogens with one attached hydrogen (secondary N) is 1. The van der Waals surface area contributed by atoms with Gasteiger partial charge in [-0.1, -0.05) is 6.58 Å². The molecule has 1 heterocycles. The molecule has 2 N–H and O–H groups in total. The first-order chi connectivity index (χ1) is 10.4. The molecule has 0 amide bonds. The van der Waals surface area contributed by atoms with E-state index in [2.05, 4.69) is 17.2 Å². The molecule has 0 aliphatic heterocycles. The minimum absolute atomic E-state index is 0.0233. The fourth-order valence-electron chi connectivity index (χ4n) is 1.82. The van der Waals surface area contributed by atoms with Crippen LogP contribution in [0.4, 0.5) is 0 Å². The van der Waals surface area contributed by atoms with Gasteiger partial charge in [-0.05, 0) is 38.1 Å². The number of hydrogen-bond donors (Lipinski definition) is 2. The van der Waals surface area contributed by atoms with Crippen molar-refractivity contribution >= 4 is 5.97 Å². The summed E-state index contributed by atoms with van der Waals surface area (Å²) in [5, 5.41) is 22.5. The van der Waals surface area contributed by atoms with E-state index in [4.69, 9.17) is 4.84 Å². The maximum Gasteiger partial charge on any atom is 0.354 e. The highest BCUT2D eigenvalue weighted by Gasteiger charge is 2.15. The Kier molecular flexibility index (Phi) is 4.13. The second-order valence-corrected chi connectivity index (χ2v) is 4.66. The Morgan fingerprint density at radius 2 is 2.23 bits per heavy atom. The van der Waals surface area contributed by atoms with Gasteiger partial charge in [0.1, 0.15) is 6.07 Å². The number of allylic oxidation sites excluding steroid dienone is 1. The SMILES string of the molecule is C=C(C)NOc1ccc(-n2nc(C)cc2C(=O)O)cc1C#N. The van der Waals surface area contributed by atoms with Crippen LogP contribution in [-0.2, 0) is 0 Å². The molecule has 0 aliphatic rings. The molecule has 2 aromatic rings. The Labute approximate surface area is 127 Å². The van der Waals surface area contributed by atoms with Crippen molar-refractivity contribution in [2.45, 2.75) is 13.8 Å². The van der Waals surface area contributed by atoms with Crippen LogP contribution in [0.1, 0.15) is 28.7 Å². The lowest BCUT2D eigenvalue weighted by Gasteiger charge is -2.10. The summed E-state index contributed by atoms with van der Waals surface area (Å²) in [6, 6.07) is 8.15. The van der Waals surface area contributed by atoms with E-state index < -0.39 is 5.97 Å². The van der Waals surface area contributed by atoms with Crippen LogP contribution >= 0.6 is 0 Å². The number of nitrogens with zero attached hydrogens (tertiary/aromatic N) is 3. The van der Waals surface area contributed by atoms with Crippen LogP contribution in [0.2, 0.25) is 0 Å². The minimum atomic E-state index is -1.09. The molecular weight excluding hydrogens is 284 g/mol. The lowest BCUT2D eigenvalue weighted by molar-refractivity contribution is 0.0687. The van der Waals surface area contributed by atoms with E-state index in [0.29, 0.717) is 22.8 Å². The molecule has 7 heteroatoms. The molecule has 0 spiro atoms. The van der Waals surface area contributed by atoms with Gasteiger partial charge in [-0.15, -0.1) is 0 Å². The van der Waals surface area contributed by atoms with E-state index >= 15 is 0 Å². The third kappa shape index (κ3) is 3.07. The standard InChI is InChI=1S/C15H14N4O3/c1-9(2)18-22-14-5-4-12(7-11(14)8-16)19-13(15(20)21)6-10(3)17-19/h4-7,18H,1H2,2-3H3,(H,20,21). The number of carboxylic acid groups (broad SMARTS) is 1. The van der Waals surface area contributed by atoms with Gasteiger partial charge in [0.15, 0.2) is 11.4 Å². The maximum absolute atomic E-state index is 11.2. The Balaban J connectivity index is 2.44. The van der Waals surface area contributed by atoms with E-state index in [1.807, 2.05) is 6.07 Å². The number of aryl methyl sites for hydroxylation is 1. The first-order valence-electron chi connectivity index (χ1n) is 6.35. The van der Waals surface area contributed by atoms with E-state index in [1.165, 1.54) is 16.8 Å². The molecule has 1 aromatic heterocycles. The highest BCUT2D eigenvalue weighted by molar-refractivity contribution is 5.86. The second kappa shape index (κ2) is 6.01. The van der Waals surface area contributed by atoms with E-state index in [9.17, 15) is 15.2 Å². The van der Waals surface area contributed by atoms with E-state index in [0.717, 1.165) is 0 Å². The van der Waals surface area contributed by atoms with Crippen molar-refractivity contribution in [1.29, 1.82) is 5.26 Å². The normalized spacial score (nSPS) is 9.86. The highest BCUT2D eigenvalue weighted by Crippen LogP contribution is 2.22. The van der Waals surface area contributed by atoms with Crippen LogP contribution in [0, 0.1) is 18.3 Å². The van der Waals surface area contributed by atoms with Gasteiger partial charge >= 0.3 is 5.97 Å². The molecule has 0 bridgehead atoms. The first kappa shape index (κ1) is 15.1. The van der Waals surface area contributed by atoms with E-state index in [1.54, 1.807) is 26.0 Å². The summed E-state index contributed by atoms with van der Waals surface area (Å²) in [5.74, 6) is -0.779. The lowest BCUT2D eigenvalue weighted by Crippen LogP contribution is -2.16. The molecule has 1 aromatic carbocycles. The number of carbonyl (C=O) groups is 1. The van der Waals surface area contributed by atoms with Crippen molar-refractivity contribution in [3.05, 3.63) is 53.5 Å². The molecule has 22 heavy (non-hydrogen) atoms. The third-order valence-electron chi connectivity index (χ3n) is 2.71. The predicted molar refractivity (Wildman–Crippen MR) is 78.6 cm³/mol. The summed E-state index contributed by atoms with van der Waals surface area (Å²) in [6.07, 6.45) is 0. The zero-order valence-electron chi connectivity index (χ0n) is 12.1. The highest BCUT2D eigenvalue weighted by atomic mass is 16.6.